The zero-order valence-electron chi connectivity index (χ0n) is 28.4. The average Bonchev–Trinajstić information content (AvgIpc) is 3.36. The van der Waals surface area contributed by atoms with Crippen molar-refractivity contribution in [3.63, 3.8) is 0 Å². The molecule has 1 aliphatic heterocycles. The maximum Gasteiger partial charge on any atom is 0.416 e. The highest BCUT2D eigenvalue weighted by atomic mass is 19.4. The second-order valence-corrected chi connectivity index (χ2v) is 12.9. The van der Waals surface area contributed by atoms with Crippen molar-refractivity contribution in [3.8, 4) is 39.9 Å². The molecule has 0 unspecified atom stereocenters. The van der Waals surface area contributed by atoms with Gasteiger partial charge in [0.05, 0.1) is 39.6 Å². The van der Waals surface area contributed by atoms with Crippen molar-refractivity contribution in [2.75, 3.05) is 28.4 Å². The molecule has 7 rings (SSSR count). The predicted molar refractivity (Wildman–Crippen MR) is 181 cm³/mol. The Morgan fingerprint density at radius 1 is 0.608 bits per heavy atom. The van der Waals surface area contributed by atoms with E-state index in [1.54, 1.807) is 70.5 Å². The van der Waals surface area contributed by atoms with E-state index < -0.39 is 34.5 Å². The van der Waals surface area contributed by atoms with Gasteiger partial charge in [0.2, 0.25) is 0 Å². The molecule has 264 valence electrons. The third-order valence-corrected chi connectivity index (χ3v) is 9.88. The van der Waals surface area contributed by atoms with Crippen molar-refractivity contribution in [1.82, 2.24) is 0 Å². The number of hydrogen-bond acceptors (Lipinski definition) is 5. The molecule has 0 N–H and O–H groups in total. The zero-order valence-corrected chi connectivity index (χ0v) is 28.4. The van der Waals surface area contributed by atoms with Gasteiger partial charge in [-0.3, -0.25) is 0 Å². The molecule has 0 aromatic heterocycles. The number of halogens is 6. The summed E-state index contributed by atoms with van der Waals surface area (Å²) in [7, 11) is 5.95. The number of ether oxygens (including phenoxy) is 5. The number of benzene rings is 5. The van der Waals surface area contributed by atoms with Crippen LogP contribution in [-0.2, 0) is 23.4 Å². The molecule has 5 aromatic carbocycles. The molecule has 0 bridgehead atoms. The zero-order chi connectivity index (χ0) is 36.7. The molecule has 5 aromatic rings. The van der Waals surface area contributed by atoms with E-state index in [-0.39, 0.29) is 28.5 Å². The minimum absolute atomic E-state index is 0.160. The number of rotatable bonds is 6. The first kappa shape index (κ1) is 34.1. The minimum Gasteiger partial charge on any atom is -0.497 e. The molecule has 0 atom stereocenters. The molecule has 1 heterocycles. The molecule has 0 saturated heterocycles. The highest BCUT2D eigenvalue weighted by Gasteiger charge is 2.50. The lowest BCUT2D eigenvalue weighted by Crippen LogP contribution is -2.35. The van der Waals surface area contributed by atoms with Gasteiger partial charge in [-0.2, -0.15) is 26.3 Å². The molecular weight excluding hydrogens is 674 g/mol. The van der Waals surface area contributed by atoms with E-state index in [4.69, 9.17) is 23.7 Å². The van der Waals surface area contributed by atoms with Gasteiger partial charge in [-0.1, -0.05) is 44.2 Å². The predicted octanol–water partition coefficient (Wildman–Crippen LogP) is 10.6. The van der Waals surface area contributed by atoms with Crippen LogP contribution in [0.1, 0.15) is 52.8 Å². The summed E-state index contributed by atoms with van der Waals surface area (Å²) in [6.07, 6.45) is -6.51. The van der Waals surface area contributed by atoms with E-state index in [1.165, 1.54) is 14.2 Å². The van der Waals surface area contributed by atoms with Crippen LogP contribution in [0.5, 0.6) is 28.7 Å². The molecule has 0 fully saturated rings. The Labute approximate surface area is 290 Å². The molecule has 5 nitrogen and oxygen atoms in total. The van der Waals surface area contributed by atoms with Crippen molar-refractivity contribution in [2.24, 2.45) is 0 Å². The molecule has 0 amide bonds. The quantitative estimate of drug-likeness (QED) is 0.165. The van der Waals surface area contributed by atoms with Gasteiger partial charge < -0.3 is 23.7 Å². The van der Waals surface area contributed by atoms with Gasteiger partial charge >= 0.3 is 12.4 Å². The Bertz CT molecular complexity index is 2170. The van der Waals surface area contributed by atoms with Crippen molar-refractivity contribution < 1.29 is 50.0 Å². The fourth-order valence-electron chi connectivity index (χ4n) is 7.57. The summed E-state index contributed by atoms with van der Waals surface area (Å²) in [5.74, 6) is 2.07. The first-order valence-electron chi connectivity index (χ1n) is 15.9. The van der Waals surface area contributed by atoms with Crippen molar-refractivity contribution in [1.29, 1.82) is 0 Å². The summed E-state index contributed by atoms with van der Waals surface area (Å²) in [5, 5.41) is 0.751. The van der Waals surface area contributed by atoms with Crippen LogP contribution < -0.4 is 23.7 Å². The molecule has 0 saturated carbocycles. The average molecular weight is 707 g/mol. The van der Waals surface area contributed by atoms with Gasteiger partial charge in [-0.05, 0) is 82.2 Å². The number of methoxy groups -OCH3 is 4. The topological polar surface area (TPSA) is 46.2 Å². The van der Waals surface area contributed by atoms with E-state index >= 15 is 0 Å². The van der Waals surface area contributed by atoms with Gasteiger partial charge in [0, 0.05) is 27.5 Å². The highest BCUT2D eigenvalue weighted by molar-refractivity contribution is 6.10. The van der Waals surface area contributed by atoms with E-state index in [0.717, 1.165) is 6.07 Å². The fourth-order valence-corrected chi connectivity index (χ4v) is 7.57. The Morgan fingerprint density at radius 3 is 1.61 bits per heavy atom. The normalized spacial score (nSPS) is 15.5. The van der Waals surface area contributed by atoms with Crippen LogP contribution >= 0.6 is 0 Å². The first-order valence-corrected chi connectivity index (χ1v) is 15.9. The largest absolute Gasteiger partial charge is 0.497 e. The van der Waals surface area contributed by atoms with Gasteiger partial charge in [-0.25, -0.2) is 0 Å². The van der Waals surface area contributed by atoms with E-state index in [0.29, 0.717) is 56.0 Å². The first-order chi connectivity index (χ1) is 24.1. The van der Waals surface area contributed by atoms with E-state index in [9.17, 15) is 26.3 Å². The molecular formula is C40H32F6O5. The third-order valence-electron chi connectivity index (χ3n) is 9.88. The molecule has 11 heteroatoms. The van der Waals surface area contributed by atoms with Crippen molar-refractivity contribution >= 4 is 16.8 Å². The maximum absolute atomic E-state index is 14.8. The maximum atomic E-state index is 14.8. The Morgan fingerprint density at radius 2 is 1.14 bits per heavy atom. The molecule has 1 aliphatic carbocycles. The minimum atomic E-state index is -5.08. The lowest BCUT2D eigenvalue weighted by Gasteiger charge is -2.38. The van der Waals surface area contributed by atoms with Crippen LogP contribution in [0.2, 0.25) is 0 Å². The Balaban J connectivity index is 1.61. The second kappa shape index (κ2) is 11.6. The number of alkyl halides is 6. The lowest BCUT2D eigenvalue weighted by atomic mass is 9.75. The summed E-state index contributed by atoms with van der Waals surface area (Å²) >= 11 is 0. The highest BCUT2D eigenvalue weighted by Crippen LogP contribution is 2.61. The van der Waals surface area contributed by atoms with Crippen LogP contribution in [-0.4, -0.2) is 28.4 Å². The van der Waals surface area contributed by atoms with Crippen LogP contribution in [0.15, 0.2) is 78.9 Å². The van der Waals surface area contributed by atoms with Crippen LogP contribution in [0, 0.1) is 0 Å². The number of hydrogen-bond donors (Lipinski definition) is 0. The fraction of sp³-hybridized carbons (Fsp3) is 0.250. The molecule has 51 heavy (non-hydrogen) atoms. The summed E-state index contributed by atoms with van der Waals surface area (Å²) in [5.41, 5.74) is -3.36. The molecule has 0 radical (unpaired) electrons. The van der Waals surface area contributed by atoms with E-state index in [2.05, 4.69) is 0 Å². The molecule has 2 aliphatic rings. The summed E-state index contributed by atoms with van der Waals surface area (Å²) in [6.45, 7) is 3.19. The molecule has 0 spiro atoms. The third kappa shape index (κ3) is 5.15. The van der Waals surface area contributed by atoms with Crippen LogP contribution in [0.25, 0.3) is 28.0 Å². The van der Waals surface area contributed by atoms with E-state index in [1.807, 2.05) is 30.3 Å². The van der Waals surface area contributed by atoms with Gasteiger partial charge in [0.1, 0.15) is 17.2 Å². The van der Waals surface area contributed by atoms with Crippen molar-refractivity contribution in [3.05, 3.63) is 118 Å². The number of fused-ring (bicyclic) bond motifs is 8. The van der Waals surface area contributed by atoms with Gasteiger partial charge in [-0.15, -0.1) is 0 Å². The summed E-state index contributed by atoms with van der Waals surface area (Å²) in [4.78, 5) is 0. The smallest absolute Gasteiger partial charge is 0.416 e. The van der Waals surface area contributed by atoms with Gasteiger partial charge in [0.25, 0.3) is 0 Å². The standard InChI is InChI=1S/C40H32F6O5/c1-37(2)34-29(17-23(39(41,42)43)18-30(34)40(44,45)46)33-27-19-31(49-5)32(50-6)20-28(27)36-26(35(33)37)15-16-38(51-36,21-7-11-24(47-3)12-8-21)22-9-13-25(48-4)14-10-22/h7-20H,1-6H3. The Hall–Kier alpha value is -5.32. The summed E-state index contributed by atoms with van der Waals surface area (Å²) < 4.78 is 116. The monoisotopic (exact) mass is 706 g/mol. The second-order valence-electron chi connectivity index (χ2n) is 12.9. The Kier molecular flexibility index (Phi) is 7.77. The summed E-state index contributed by atoms with van der Waals surface area (Å²) in [6, 6.07) is 18.8. The lowest BCUT2D eigenvalue weighted by molar-refractivity contribution is -0.143. The van der Waals surface area contributed by atoms with Crippen LogP contribution in [0.3, 0.4) is 0 Å². The van der Waals surface area contributed by atoms with Crippen molar-refractivity contribution in [2.45, 2.75) is 37.2 Å². The van der Waals surface area contributed by atoms with Crippen LogP contribution in [0.4, 0.5) is 26.3 Å². The van der Waals surface area contributed by atoms with Gasteiger partial charge in [0.15, 0.2) is 17.1 Å². The SMILES string of the molecule is COc1ccc(C2(c3ccc(OC)cc3)C=Cc3c4c(c5cc(OC)c(OC)cc5c3O2)-c2cc(C(F)(F)F)cc(C(F)(F)F)c2C4(C)C)cc1.